The third kappa shape index (κ3) is 4.87. The average Bonchev–Trinajstić information content (AvgIpc) is 3.17. The van der Waals surface area contributed by atoms with Gasteiger partial charge in [0, 0.05) is 11.6 Å². The minimum atomic E-state index is -4.87. The Kier molecular flexibility index (Phi) is 5.62. The van der Waals surface area contributed by atoms with Gasteiger partial charge in [-0.15, -0.1) is 13.2 Å². The molecule has 30 heavy (non-hydrogen) atoms. The van der Waals surface area contributed by atoms with E-state index in [4.69, 9.17) is 5.73 Å². The normalized spacial score (nSPS) is 12.3. The minimum absolute atomic E-state index is 0.0420. The van der Waals surface area contributed by atoms with Gasteiger partial charge in [-0.1, -0.05) is 6.07 Å². The van der Waals surface area contributed by atoms with Gasteiger partial charge in [-0.3, -0.25) is 9.59 Å². The van der Waals surface area contributed by atoms with E-state index in [9.17, 15) is 22.8 Å². The van der Waals surface area contributed by atoms with Crippen molar-refractivity contribution in [3.63, 3.8) is 0 Å². The standard InChI is InChI=1S/C17H14F3N7O3/c1-9(26-16(29)10-3-2-4-11(5-10)30-17(18,19)20)15-24-8-25-27(15)13-6-12(14(21)28)22-7-23-13/h2-9H,1H3,(H2,21,28)(H,26,29)/t9-/m0/s1. The Hall–Kier alpha value is -4.03. The van der Waals surface area contributed by atoms with Gasteiger partial charge in [-0.05, 0) is 25.1 Å². The molecule has 3 aromatic rings. The number of benzene rings is 1. The molecule has 1 aromatic carbocycles. The van der Waals surface area contributed by atoms with E-state index in [0.717, 1.165) is 18.5 Å². The molecule has 13 heteroatoms. The van der Waals surface area contributed by atoms with Gasteiger partial charge in [0.05, 0.1) is 6.04 Å². The molecule has 0 saturated heterocycles. The number of carbonyl (C=O) groups is 2. The SMILES string of the molecule is C[C@H](NC(=O)c1cccc(OC(F)(F)F)c1)c1ncnn1-c1cc(C(N)=O)ncn1. The molecule has 156 valence electrons. The number of alkyl halides is 3. The van der Waals surface area contributed by atoms with E-state index in [1.165, 1.54) is 29.2 Å². The highest BCUT2D eigenvalue weighted by Crippen LogP contribution is 2.23. The number of halogens is 3. The predicted molar refractivity (Wildman–Crippen MR) is 94.5 cm³/mol. The Bertz CT molecular complexity index is 1080. The smallest absolute Gasteiger partial charge is 0.406 e. The van der Waals surface area contributed by atoms with Gasteiger partial charge in [0.15, 0.2) is 11.6 Å². The van der Waals surface area contributed by atoms with Crippen LogP contribution in [0, 0.1) is 0 Å². The van der Waals surface area contributed by atoms with E-state index in [2.05, 4.69) is 30.1 Å². The summed E-state index contributed by atoms with van der Waals surface area (Å²) in [6.07, 6.45) is -2.54. The molecule has 0 fully saturated rings. The van der Waals surface area contributed by atoms with Crippen LogP contribution in [-0.2, 0) is 0 Å². The summed E-state index contributed by atoms with van der Waals surface area (Å²) in [5.74, 6) is -1.51. The van der Waals surface area contributed by atoms with Crippen LogP contribution in [0.15, 0.2) is 43.0 Å². The van der Waals surface area contributed by atoms with E-state index >= 15 is 0 Å². The second-order valence-electron chi connectivity index (χ2n) is 5.93. The van der Waals surface area contributed by atoms with Crippen LogP contribution in [0.2, 0.25) is 0 Å². The third-order valence-corrected chi connectivity index (χ3v) is 3.76. The zero-order valence-electron chi connectivity index (χ0n) is 15.3. The Labute approximate surface area is 166 Å². The van der Waals surface area contributed by atoms with Crippen LogP contribution in [-0.4, -0.2) is 42.9 Å². The van der Waals surface area contributed by atoms with E-state index in [-0.39, 0.29) is 22.9 Å². The summed E-state index contributed by atoms with van der Waals surface area (Å²) in [7, 11) is 0. The van der Waals surface area contributed by atoms with Crippen molar-refractivity contribution in [3.8, 4) is 11.6 Å². The van der Waals surface area contributed by atoms with Crippen molar-refractivity contribution < 1.29 is 27.5 Å². The second-order valence-corrected chi connectivity index (χ2v) is 5.93. The lowest BCUT2D eigenvalue weighted by molar-refractivity contribution is -0.274. The summed E-state index contributed by atoms with van der Waals surface area (Å²) in [6.45, 7) is 1.59. The summed E-state index contributed by atoms with van der Waals surface area (Å²) in [4.78, 5) is 35.6. The Morgan fingerprint density at radius 1 is 1.17 bits per heavy atom. The fraction of sp³-hybridized carbons (Fsp3) is 0.176. The van der Waals surface area contributed by atoms with E-state index in [1.807, 2.05) is 0 Å². The molecule has 2 heterocycles. The van der Waals surface area contributed by atoms with Crippen molar-refractivity contribution in [2.75, 3.05) is 0 Å². The summed E-state index contributed by atoms with van der Waals surface area (Å²) < 4.78 is 42.2. The van der Waals surface area contributed by atoms with Gasteiger partial charge in [0.1, 0.15) is 24.1 Å². The number of carbonyl (C=O) groups excluding carboxylic acids is 2. The molecule has 2 amide bonds. The predicted octanol–water partition coefficient (Wildman–Crippen LogP) is 1.55. The molecule has 10 nitrogen and oxygen atoms in total. The van der Waals surface area contributed by atoms with Crippen molar-refractivity contribution in [1.82, 2.24) is 30.0 Å². The number of nitrogens with one attached hydrogen (secondary N) is 1. The first kappa shape index (κ1) is 20.7. The average molecular weight is 421 g/mol. The number of nitrogens with zero attached hydrogens (tertiary/aromatic N) is 5. The maximum atomic E-state index is 12.5. The van der Waals surface area contributed by atoms with Crippen LogP contribution in [0.4, 0.5) is 13.2 Å². The largest absolute Gasteiger partial charge is 0.573 e. The highest BCUT2D eigenvalue weighted by molar-refractivity contribution is 5.94. The van der Waals surface area contributed by atoms with Crippen molar-refractivity contribution >= 4 is 11.8 Å². The van der Waals surface area contributed by atoms with Gasteiger partial charge in [0.25, 0.3) is 11.8 Å². The summed E-state index contributed by atoms with van der Waals surface area (Å²) >= 11 is 0. The monoisotopic (exact) mass is 421 g/mol. The number of aromatic nitrogens is 5. The van der Waals surface area contributed by atoms with E-state index in [1.54, 1.807) is 6.92 Å². The Morgan fingerprint density at radius 2 is 1.93 bits per heavy atom. The number of amides is 2. The van der Waals surface area contributed by atoms with Gasteiger partial charge in [-0.2, -0.15) is 9.78 Å². The molecule has 3 N–H and O–H groups in total. The summed E-state index contributed by atoms with van der Waals surface area (Å²) in [5, 5.41) is 6.61. The molecule has 0 bridgehead atoms. The minimum Gasteiger partial charge on any atom is -0.406 e. The fourth-order valence-electron chi connectivity index (χ4n) is 2.50. The number of rotatable bonds is 6. The summed E-state index contributed by atoms with van der Waals surface area (Å²) in [5.41, 5.74) is 5.11. The number of nitrogens with two attached hydrogens (primary N) is 1. The van der Waals surface area contributed by atoms with Gasteiger partial charge in [0.2, 0.25) is 0 Å². The van der Waals surface area contributed by atoms with Crippen LogP contribution in [0.5, 0.6) is 5.75 Å². The Balaban J connectivity index is 1.79. The molecule has 0 spiro atoms. The summed E-state index contributed by atoms with van der Waals surface area (Å²) in [6, 6.07) is 5.21. The Morgan fingerprint density at radius 3 is 2.63 bits per heavy atom. The van der Waals surface area contributed by atoms with E-state index < -0.39 is 30.0 Å². The van der Waals surface area contributed by atoms with Crippen molar-refractivity contribution in [1.29, 1.82) is 0 Å². The second kappa shape index (κ2) is 8.14. The van der Waals surface area contributed by atoms with Gasteiger partial charge >= 0.3 is 6.36 Å². The first-order chi connectivity index (χ1) is 14.1. The zero-order chi connectivity index (χ0) is 21.9. The molecule has 0 radical (unpaired) electrons. The lowest BCUT2D eigenvalue weighted by Crippen LogP contribution is -2.29. The molecule has 2 aromatic heterocycles. The molecular weight excluding hydrogens is 407 g/mol. The zero-order valence-corrected chi connectivity index (χ0v) is 15.3. The number of hydrogen-bond acceptors (Lipinski definition) is 7. The fourth-order valence-corrected chi connectivity index (χ4v) is 2.50. The number of hydrogen-bond donors (Lipinski definition) is 2. The van der Waals surface area contributed by atoms with Crippen molar-refractivity contribution in [3.05, 3.63) is 60.1 Å². The molecular formula is C17H14F3N7O3. The first-order valence-corrected chi connectivity index (χ1v) is 8.33. The highest BCUT2D eigenvalue weighted by Gasteiger charge is 2.31. The number of primary amides is 1. The van der Waals surface area contributed by atoms with Crippen molar-refractivity contribution in [2.24, 2.45) is 5.73 Å². The maximum Gasteiger partial charge on any atom is 0.573 e. The van der Waals surface area contributed by atoms with Crippen molar-refractivity contribution in [2.45, 2.75) is 19.3 Å². The topological polar surface area (TPSA) is 138 Å². The van der Waals surface area contributed by atoms with Gasteiger partial charge in [-0.25, -0.2) is 15.0 Å². The molecule has 0 unspecified atom stereocenters. The molecule has 0 aliphatic rings. The van der Waals surface area contributed by atoms with Gasteiger partial charge < -0.3 is 15.8 Å². The van der Waals surface area contributed by atoms with Crippen LogP contribution < -0.4 is 15.8 Å². The van der Waals surface area contributed by atoms with Crippen LogP contribution >= 0.6 is 0 Å². The molecule has 0 aliphatic heterocycles. The van der Waals surface area contributed by atoms with Crippen LogP contribution in [0.25, 0.3) is 5.82 Å². The lowest BCUT2D eigenvalue weighted by atomic mass is 10.2. The van der Waals surface area contributed by atoms with Crippen LogP contribution in [0.1, 0.15) is 39.6 Å². The third-order valence-electron chi connectivity index (χ3n) is 3.76. The van der Waals surface area contributed by atoms with Crippen LogP contribution in [0.3, 0.4) is 0 Å². The lowest BCUT2D eigenvalue weighted by Gasteiger charge is -2.15. The first-order valence-electron chi connectivity index (χ1n) is 8.33. The molecule has 1 atom stereocenters. The molecule has 3 rings (SSSR count). The maximum absolute atomic E-state index is 12.5. The van der Waals surface area contributed by atoms with E-state index in [0.29, 0.717) is 0 Å². The molecule has 0 saturated carbocycles. The highest BCUT2D eigenvalue weighted by atomic mass is 19.4. The molecule has 0 aliphatic carbocycles. The quantitative estimate of drug-likeness (QED) is 0.616. The number of ether oxygens (including phenoxy) is 1.